The highest BCUT2D eigenvalue weighted by molar-refractivity contribution is 6.11. The molecule has 0 bridgehead atoms. The van der Waals surface area contributed by atoms with E-state index >= 15 is 0 Å². The van der Waals surface area contributed by atoms with E-state index in [0.717, 1.165) is 43.8 Å². The Bertz CT molecular complexity index is 1010. The van der Waals surface area contributed by atoms with Crippen molar-refractivity contribution in [2.24, 2.45) is 16.8 Å². The van der Waals surface area contributed by atoms with Crippen LogP contribution in [0.5, 0.6) is 0 Å². The fraction of sp³-hybridized carbons (Fsp3) is 0.615. The monoisotopic (exact) mass is 466 g/mol. The Morgan fingerprint density at radius 1 is 1.12 bits per heavy atom. The van der Waals surface area contributed by atoms with Crippen LogP contribution >= 0.6 is 0 Å². The van der Waals surface area contributed by atoms with Crippen molar-refractivity contribution in [2.75, 3.05) is 20.2 Å². The first-order chi connectivity index (χ1) is 16.4. The highest BCUT2D eigenvalue weighted by atomic mass is 16.5. The maximum Gasteiger partial charge on any atom is 0.332 e. The number of fused-ring (bicyclic) bond motifs is 3. The van der Waals surface area contributed by atoms with Gasteiger partial charge in [0.15, 0.2) is 11.5 Å². The zero-order valence-corrected chi connectivity index (χ0v) is 20.3. The number of aliphatic imine (C=N–C) groups is 1. The van der Waals surface area contributed by atoms with E-state index in [9.17, 15) is 14.4 Å². The van der Waals surface area contributed by atoms with E-state index in [1.165, 1.54) is 18.4 Å². The molecule has 1 aromatic carbocycles. The Morgan fingerprint density at radius 3 is 2.47 bits per heavy atom. The first-order valence-corrected chi connectivity index (χ1v) is 12.5. The quantitative estimate of drug-likeness (QED) is 0.490. The predicted molar refractivity (Wildman–Crippen MR) is 127 cm³/mol. The average molecular weight is 467 g/mol. The molecule has 0 radical (unpaired) electrons. The van der Waals surface area contributed by atoms with Crippen LogP contribution in [0.4, 0.5) is 0 Å². The molecule has 5 rings (SSSR count). The molecule has 8 nitrogen and oxygen atoms in total. The van der Waals surface area contributed by atoms with Gasteiger partial charge in [-0.2, -0.15) is 0 Å². The number of carbonyl (C=O) groups is 3. The van der Waals surface area contributed by atoms with E-state index in [4.69, 9.17) is 9.73 Å². The Labute approximate surface area is 200 Å². The molecule has 3 saturated heterocycles. The molecule has 34 heavy (non-hydrogen) atoms. The number of likely N-dealkylation sites (tertiary alicyclic amines) is 1. The van der Waals surface area contributed by atoms with Crippen molar-refractivity contribution in [3.8, 4) is 0 Å². The Balaban J connectivity index is 1.55. The molecule has 0 N–H and O–H groups in total. The van der Waals surface area contributed by atoms with Crippen LogP contribution < -0.4 is 0 Å². The summed E-state index contributed by atoms with van der Waals surface area (Å²) in [5, 5.41) is 0. The second-order valence-electron chi connectivity index (χ2n) is 10.1. The number of ether oxygens (including phenoxy) is 1. The molecule has 1 aromatic rings. The van der Waals surface area contributed by atoms with Crippen LogP contribution in [0.2, 0.25) is 0 Å². The molecule has 3 aliphatic heterocycles. The minimum Gasteiger partial charge on any atom is -0.467 e. The van der Waals surface area contributed by atoms with Crippen LogP contribution in [0.15, 0.2) is 35.3 Å². The normalized spacial score (nSPS) is 32.5. The molecule has 4 atom stereocenters. The number of hydrogen-bond acceptors (Lipinski definition) is 5. The van der Waals surface area contributed by atoms with Gasteiger partial charge in [0.1, 0.15) is 0 Å². The Kier molecular flexibility index (Phi) is 5.86. The number of esters is 1. The van der Waals surface area contributed by atoms with Gasteiger partial charge >= 0.3 is 5.97 Å². The second-order valence-corrected chi connectivity index (χ2v) is 10.1. The smallest absolute Gasteiger partial charge is 0.332 e. The molecule has 3 heterocycles. The summed E-state index contributed by atoms with van der Waals surface area (Å²) < 4.78 is 5.26. The fourth-order valence-electron chi connectivity index (χ4n) is 6.54. The van der Waals surface area contributed by atoms with Crippen LogP contribution in [-0.2, 0) is 25.7 Å². The van der Waals surface area contributed by atoms with Gasteiger partial charge in [-0.1, -0.05) is 49.6 Å². The van der Waals surface area contributed by atoms with Crippen molar-refractivity contribution in [3.05, 3.63) is 35.9 Å². The summed E-state index contributed by atoms with van der Waals surface area (Å²) in [5.41, 5.74) is -0.387. The van der Waals surface area contributed by atoms with E-state index in [1.807, 2.05) is 35.2 Å². The van der Waals surface area contributed by atoms with E-state index < -0.39 is 23.3 Å². The number of imide groups is 1. The lowest BCUT2D eigenvalue weighted by Gasteiger charge is -2.38. The predicted octanol–water partition coefficient (Wildman–Crippen LogP) is 2.43. The standard InChI is InChI=1S/C26H34N4O4/c1-4-28-16-19-20-21(23(32)29(22(20)31)15-17-11-7-5-8-12-17)26(2,24(33)34-3)30(19)25(28)27-18-13-9-6-10-14-18/h5,7-8,11-12,18-21H,4,6,9-10,13-16H2,1-3H3/t19-,20+,21-,26-/m1/s1. The van der Waals surface area contributed by atoms with Crippen LogP contribution in [0.25, 0.3) is 0 Å². The summed E-state index contributed by atoms with van der Waals surface area (Å²) in [6.07, 6.45) is 5.60. The lowest BCUT2D eigenvalue weighted by Crippen LogP contribution is -2.58. The van der Waals surface area contributed by atoms with Gasteiger partial charge in [-0.05, 0) is 32.3 Å². The highest BCUT2D eigenvalue weighted by Gasteiger charge is 2.73. The summed E-state index contributed by atoms with van der Waals surface area (Å²) in [6, 6.07) is 9.43. The molecule has 0 spiro atoms. The SMILES string of the molecule is CCN1C[C@@H]2[C@@H]3C(=O)N(Cc4ccccc4)C(=O)[C@@H]3[C@](C)(C(=O)OC)N2C1=NC1CCCCC1. The van der Waals surface area contributed by atoms with Crippen molar-refractivity contribution in [1.29, 1.82) is 0 Å². The summed E-state index contributed by atoms with van der Waals surface area (Å²) in [7, 11) is 1.35. The fourth-order valence-corrected chi connectivity index (χ4v) is 6.54. The maximum atomic E-state index is 13.7. The van der Waals surface area contributed by atoms with E-state index in [0.29, 0.717) is 6.54 Å². The number of methoxy groups -OCH3 is 1. The Morgan fingerprint density at radius 2 is 1.82 bits per heavy atom. The third kappa shape index (κ3) is 3.33. The van der Waals surface area contributed by atoms with Crippen molar-refractivity contribution in [1.82, 2.24) is 14.7 Å². The molecule has 2 amide bonds. The summed E-state index contributed by atoms with van der Waals surface area (Å²) in [5.74, 6) is -1.60. The molecule has 4 fully saturated rings. The van der Waals surface area contributed by atoms with Crippen LogP contribution in [0.1, 0.15) is 51.5 Å². The number of amides is 2. The largest absolute Gasteiger partial charge is 0.467 e. The molecule has 182 valence electrons. The molecule has 1 aliphatic carbocycles. The van der Waals surface area contributed by atoms with E-state index in [1.54, 1.807) is 6.92 Å². The van der Waals surface area contributed by atoms with Gasteiger partial charge < -0.3 is 14.5 Å². The third-order valence-electron chi connectivity index (χ3n) is 8.24. The number of guanidine groups is 1. The zero-order valence-electron chi connectivity index (χ0n) is 20.3. The number of likely N-dealkylation sites (N-methyl/N-ethyl adjacent to an activating group) is 1. The van der Waals surface area contributed by atoms with Crippen molar-refractivity contribution in [2.45, 2.75) is 70.1 Å². The van der Waals surface area contributed by atoms with Gasteiger partial charge in [0.25, 0.3) is 0 Å². The topological polar surface area (TPSA) is 82.5 Å². The lowest BCUT2D eigenvalue weighted by molar-refractivity contribution is -0.157. The first-order valence-electron chi connectivity index (χ1n) is 12.5. The molecular weight excluding hydrogens is 432 g/mol. The number of rotatable bonds is 5. The van der Waals surface area contributed by atoms with Gasteiger partial charge in [0.05, 0.1) is 37.6 Å². The van der Waals surface area contributed by atoms with Gasteiger partial charge in [-0.3, -0.25) is 14.5 Å². The number of hydrogen-bond donors (Lipinski definition) is 0. The molecule has 4 aliphatic rings. The van der Waals surface area contributed by atoms with Crippen LogP contribution in [0.3, 0.4) is 0 Å². The summed E-state index contributed by atoms with van der Waals surface area (Å²) >= 11 is 0. The highest BCUT2D eigenvalue weighted by Crippen LogP contribution is 2.52. The summed E-state index contributed by atoms with van der Waals surface area (Å²) in [4.78, 5) is 51.4. The van der Waals surface area contributed by atoms with Crippen molar-refractivity contribution in [3.63, 3.8) is 0 Å². The van der Waals surface area contributed by atoms with Gasteiger partial charge in [0, 0.05) is 13.1 Å². The molecule has 0 unspecified atom stereocenters. The minimum atomic E-state index is -1.28. The third-order valence-corrected chi connectivity index (χ3v) is 8.24. The maximum absolute atomic E-state index is 13.7. The van der Waals surface area contributed by atoms with E-state index in [2.05, 4.69) is 11.8 Å². The first kappa shape index (κ1) is 22.9. The molecule has 0 aromatic heterocycles. The molecule has 1 saturated carbocycles. The molecular formula is C26H34N4O4. The van der Waals surface area contributed by atoms with Gasteiger partial charge in [-0.15, -0.1) is 0 Å². The van der Waals surface area contributed by atoms with Crippen molar-refractivity contribution >= 4 is 23.7 Å². The minimum absolute atomic E-state index is 0.198. The average Bonchev–Trinajstić information content (AvgIpc) is 3.44. The van der Waals surface area contributed by atoms with Gasteiger partial charge in [0.2, 0.25) is 11.8 Å². The zero-order chi connectivity index (χ0) is 24.0. The van der Waals surface area contributed by atoms with E-state index in [-0.39, 0.29) is 30.4 Å². The summed E-state index contributed by atoms with van der Waals surface area (Å²) in [6.45, 7) is 5.35. The Hall–Kier alpha value is -2.90. The van der Waals surface area contributed by atoms with Crippen LogP contribution in [0, 0.1) is 11.8 Å². The number of benzene rings is 1. The molecule has 8 heteroatoms. The van der Waals surface area contributed by atoms with Gasteiger partial charge in [-0.25, -0.2) is 9.79 Å². The number of nitrogens with zero attached hydrogens (tertiary/aromatic N) is 4. The van der Waals surface area contributed by atoms with Crippen LogP contribution in [-0.4, -0.2) is 76.3 Å². The number of carbonyl (C=O) groups excluding carboxylic acids is 3. The second kappa shape index (κ2) is 8.71. The van der Waals surface area contributed by atoms with Crippen molar-refractivity contribution < 1.29 is 19.1 Å². The lowest BCUT2D eigenvalue weighted by atomic mass is 9.81.